The van der Waals surface area contributed by atoms with Gasteiger partial charge < -0.3 is 8.99 Å². The van der Waals surface area contributed by atoms with E-state index in [4.69, 9.17) is 14.4 Å². The minimum atomic E-state index is -3.09. The Balaban J connectivity index is 1.49. The standard InChI is InChI=1S/C36H35N5O4Si/c1-36(2,3)46(30-18-9-5-10-19-30,31-20-11-6-12-21-31)45-32-24-40(35(42)28-16-13-17-29(22-28)41(43)44)26-38-34-33(32)37-25-39(34)23-27-14-7-4-8-15-27/h4-22,25-26,32H,23-24H2,1-3H3. The predicted octanol–water partition coefficient (Wildman–Crippen LogP) is 6.27. The normalized spacial score (nSPS) is 14.8. The third kappa shape index (κ3) is 5.92. The summed E-state index contributed by atoms with van der Waals surface area (Å²) in [6.45, 7) is 7.25. The second-order valence-corrected chi connectivity index (χ2v) is 16.6. The van der Waals surface area contributed by atoms with Crippen molar-refractivity contribution in [2.45, 2.75) is 38.5 Å². The molecule has 5 aromatic rings. The number of benzene rings is 4. The molecule has 0 fully saturated rings. The molecule has 0 aliphatic carbocycles. The Morgan fingerprint density at radius 2 is 1.52 bits per heavy atom. The maximum Gasteiger partial charge on any atom is 0.270 e. The molecule has 0 saturated carbocycles. The van der Waals surface area contributed by atoms with Gasteiger partial charge in [-0.1, -0.05) is 118 Å². The lowest BCUT2D eigenvalue weighted by Crippen LogP contribution is -2.67. The van der Waals surface area contributed by atoms with Crippen LogP contribution in [0.4, 0.5) is 11.5 Å². The first-order chi connectivity index (χ1) is 22.2. The summed E-state index contributed by atoms with van der Waals surface area (Å²) in [5.41, 5.74) is 1.75. The van der Waals surface area contributed by atoms with Crippen molar-refractivity contribution in [3.05, 3.63) is 149 Å². The number of fused-ring (bicyclic) bond motifs is 1. The average Bonchev–Trinajstić information content (AvgIpc) is 3.37. The molecular weight excluding hydrogens is 595 g/mol. The van der Waals surface area contributed by atoms with E-state index in [-0.39, 0.29) is 22.8 Å². The van der Waals surface area contributed by atoms with Crippen molar-refractivity contribution in [1.29, 1.82) is 0 Å². The molecule has 4 aromatic carbocycles. The number of rotatable bonds is 8. The number of nitro groups is 1. The van der Waals surface area contributed by atoms with E-state index < -0.39 is 25.3 Å². The van der Waals surface area contributed by atoms with E-state index in [1.807, 2.05) is 71.3 Å². The first-order valence-corrected chi connectivity index (χ1v) is 17.1. The maximum atomic E-state index is 14.0. The van der Waals surface area contributed by atoms with Gasteiger partial charge in [-0.25, -0.2) is 9.98 Å². The fourth-order valence-electron chi connectivity index (χ4n) is 6.14. The van der Waals surface area contributed by atoms with Crippen molar-refractivity contribution in [2.75, 3.05) is 6.54 Å². The molecule has 46 heavy (non-hydrogen) atoms. The average molecular weight is 630 g/mol. The van der Waals surface area contributed by atoms with Crippen LogP contribution in [0.5, 0.6) is 0 Å². The number of imidazole rings is 1. The number of amides is 1. The highest BCUT2D eigenvalue weighted by Crippen LogP contribution is 2.42. The number of carbonyl (C=O) groups is 1. The number of hydrogen-bond donors (Lipinski definition) is 0. The van der Waals surface area contributed by atoms with Gasteiger partial charge in [0.05, 0.1) is 24.3 Å². The summed E-state index contributed by atoms with van der Waals surface area (Å²) in [6, 6.07) is 36.4. The molecule has 9 nitrogen and oxygen atoms in total. The van der Waals surface area contributed by atoms with E-state index in [0.717, 1.165) is 15.9 Å². The Bertz CT molecular complexity index is 1830. The highest BCUT2D eigenvalue weighted by atomic mass is 28.4. The summed E-state index contributed by atoms with van der Waals surface area (Å²) < 4.78 is 9.51. The number of nitrogens with zero attached hydrogens (tertiary/aromatic N) is 5. The zero-order valence-electron chi connectivity index (χ0n) is 26.0. The topological polar surface area (TPSA) is 103 Å². The van der Waals surface area contributed by atoms with E-state index >= 15 is 0 Å². The third-order valence-electron chi connectivity index (χ3n) is 8.32. The van der Waals surface area contributed by atoms with Crippen molar-refractivity contribution in [2.24, 2.45) is 4.99 Å². The largest absolute Gasteiger partial charge is 0.397 e. The lowest BCUT2D eigenvalue weighted by atomic mass is 10.1. The van der Waals surface area contributed by atoms with Crippen molar-refractivity contribution in [3.8, 4) is 0 Å². The molecule has 1 atom stereocenters. The number of aromatic nitrogens is 2. The summed E-state index contributed by atoms with van der Waals surface area (Å²) in [4.78, 5) is 36.1. The number of non-ortho nitro benzene ring substituents is 1. The molecule has 1 amide bonds. The summed E-state index contributed by atoms with van der Waals surface area (Å²) in [6.07, 6.45) is 2.61. The number of aliphatic imine (C=N–C) groups is 1. The van der Waals surface area contributed by atoms with Gasteiger partial charge in [0.25, 0.3) is 19.9 Å². The fraction of sp³-hybridized carbons (Fsp3) is 0.194. The van der Waals surface area contributed by atoms with Crippen LogP contribution in [0, 0.1) is 10.1 Å². The predicted molar refractivity (Wildman–Crippen MR) is 182 cm³/mol. The SMILES string of the molecule is CC(C)(C)[Si](OC1CN(C(=O)c2cccc([N+](=O)[O-])c2)C=Nc2c1ncn2Cc1ccccc1)(c1ccccc1)c1ccccc1. The highest BCUT2D eigenvalue weighted by molar-refractivity contribution is 6.99. The Kier molecular flexibility index (Phi) is 8.48. The van der Waals surface area contributed by atoms with Crippen LogP contribution in [0.25, 0.3) is 0 Å². The summed E-state index contributed by atoms with van der Waals surface area (Å²) in [7, 11) is -3.09. The summed E-state index contributed by atoms with van der Waals surface area (Å²) in [5, 5.41) is 13.4. The van der Waals surface area contributed by atoms with E-state index in [1.165, 1.54) is 29.4 Å². The van der Waals surface area contributed by atoms with Gasteiger partial charge in [-0.15, -0.1) is 0 Å². The molecule has 232 valence electrons. The van der Waals surface area contributed by atoms with Crippen molar-refractivity contribution < 1.29 is 14.1 Å². The molecule has 0 N–H and O–H groups in total. The number of carbonyl (C=O) groups excluding carboxylic acids is 1. The van der Waals surface area contributed by atoms with Gasteiger partial charge in [-0.3, -0.25) is 19.8 Å². The zero-order valence-corrected chi connectivity index (χ0v) is 27.0. The van der Waals surface area contributed by atoms with Crippen LogP contribution in [0.2, 0.25) is 5.04 Å². The second kappa shape index (κ2) is 12.7. The van der Waals surface area contributed by atoms with Crippen molar-refractivity contribution >= 4 is 42.4 Å². The maximum absolute atomic E-state index is 14.0. The van der Waals surface area contributed by atoms with Crippen LogP contribution in [0.3, 0.4) is 0 Å². The molecule has 10 heteroatoms. The molecule has 0 saturated heterocycles. The van der Waals surface area contributed by atoms with Crippen LogP contribution in [-0.4, -0.2) is 46.5 Å². The van der Waals surface area contributed by atoms with Gasteiger partial charge >= 0.3 is 0 Å². The summed E-state index contributed by atoms with van der Waals surface area (Å²) in [5.74, 6) is 0.185. The first-order valence-electron chi connectivity index (χ1n) is 15.1. The fourth-order valence-corrected chi connectivity index (χ4v) is 10.8. The van der Waals surface area contributed by atoms with Gasteiger partial charge in [-0.2, -0.15) is 0 Å². The van der Waals surface area contributed by atoms with E-state index in [2.05, 4.69) is 45.0 Å². The Morgan fingerprint density at radius 3 is 2.11 bits per heavy atom. The zero-order chi connectivity index (χ0) is 32.3. The molecule has 1 aliphatic heterocycles. The molecule has 1 unspecified atom stereocenters. The van der Waals surface area contributed by atoms with Crippen LogP contribution >= 0.6 is 0 Å². The lowest BCUT2D eigenvalue weighted by molar-refractivity contribution is -0.384. The molecule has 1 aliphatic rings. The third-order valence-corrected chi connectivity index (χ3v) is 13.4. The van der Waals surface area contributed by atoms with Crippen LogP contribution in [0.1, 0.15) is 48.5 Å². The van der Waals surface area contributed by atoms with Gasteiger partial charge in [-0.05, 0) is 27.0 Å². The first kappa shape index (κ1) is 30.8. The minimum Gasteiger partial charge on any atom is -0.397 e. The van der Waals surface area contributed by atoms with E-state index in [1.54, 1.807) is 12.4 Å². The minimum absolute atomic E-state index is 0.116. The monoisotopic (exact) mass is 629 g/mol. The second-order valence-electron chi connectivity index (χ2n) is 12.3. The number of nitro benzene ring substituents is 1. The highest BCUT2D eigenvalue weighted by Gasteiger charge is 2.52. The Hall–Kier alpha value is -5.19. The lowest BCUT2D eigenvalue weighted by Gasteiger charge is -2.45. The van der Waals surface area contributed by atoms with Gasteiger partial charge in [0.1, 0.15) is 18.1 Å². The van der Waals surface area contributed by atoms with E-state index in [0.29, 0.717) is 18.1 Å². The van der Waals surface area contributed by atoms with Crippen molar-refractivity contribution in [1.82, 2.24) is 14.5 Å². The quantitative estimate of drug-likeness (QED) is 0.114. The molecule has 0 bridgehead atoms. The molecule has 0 radical (unpaired) electrons. The van der Waals surface area contributed by atoms with Gasteiger partial charge in [0.15, 0.2) is 5.82 Å². The smallest absolute Gasteiger partial charge is 0.270 e. The van der Waals surface area contributed by atoms with E-state index in [9.17, 15) is 14.9 Å². The Morgan fingerprint density at radius 1 is 0.913 bits per heavy atom. The van der Waals surface area contributed by atoms with Crippen molar-refractivity contribution in [3.63, 3.8) is 0 Å². The molecule has 6 rings (SSSR count). The molecular formula is C36H35N5O4Si. The van der Waals surface area contributed by atoms with Crippen LogP contribution in [0.15, 0.2) is 127 Å². The van der Waals surface area contributed by atoms with Gasteiger partial charge in [0.2, 0.25) is 0 Å². The molecule has 1 aromatic heterocycles. The summed E-state index contributed by atoms with van der Waals surface area (Å²) >= 11 is 0. The molecule has 0 spiro atoms. The van der Waals surface area contributed by atoms with Crippen LogP contribution in [-0.2, 0) is 11.0 Å². The molecule has 2 heterocycles. The Labute approximate surface area is 269 Å². The van der Waals surface area contributed by atoms with Gasteiger partial charge in [0, 0.05) is 17.7 Å². The number of hydrogen-bond acceptors (Lipinski definition) is 6. The van der Waals surface area contributed by atoms with Crippen LogP contribution < -0.4 is 10.4 Å².